The molecule has 3 rings (SSSR count). The van der Waals surface area contributed by atoms with Gasteiger partial charge < -0.3 is 10.2 Å². The molecule has 0 unspecified atom stereocenters. The molecule has 0 aliphatic rings. The van der Waals surface area contributed by atoms with E-state index in [1.807, 2.05) is 36.4 Å². The highest BCUT2D eigenvalue weighted by atomic mass is 32.1. The molecule has 1 aromatic heterocycles. The molecule has 0 radical (unpaired) electrons. The molecule has 112 valence electrons. The Hall–Kier alpha value is -2.57. The van der Waals surface area contributed by atoms with E-state index in [1.54, 1.807) is 12.1 Å². The van der Waals surface area contributed by atoms with Gasteiger partial charge in [0.2, 0.25) is 5.78 Å². The number of carbonyl (C=O) groups is 2. The van der Waals surface area contributed by atoms with Gasteiger partial charge in [-0.3, -0.25) is 4.79 Å². The fraction of sp³-hybridized carbons (Fsp3) is 0.0625. The monoisotopic (exact) mass is 315 g/mol. The normalized spacial score (nSPS) is 10.0. The van der Waals surface area contributed by atoms with Crippen LogP contribution in [-0.2, 0) is 9.59 Å². The molecule has 0 spiro atoms. The second-order valence-corrected chi connectivity index (χ2v) is 5.46. The number of hydrogen-bond donors (Lipinski definition) is 0. The molecule has 0 atom stereocenters. The van der Waals surface area contributed by atoms with Crippen LogP contribution in [0.25, 0.3) is 20.8 Å². The van der Waals surface area contributed by atoms with E-state index in [-0.39, 0.29) is 5.48 Å². The molecule has 3 aromatic rings. The fourth-order valence-electron chi connectivity index (χ4n) is 1.89. The van der Waals surface area contributed by atoms with Crippen molar-refractivity contribution in [1.29, 1.82) is 0 Å². The lowest BCUT2D eigenvalue weighted by Crippen LogP contribution is -2.17. The van der Waals surface area contributed by atoms with Crippen molar-refractivity contribution in [2.75, 3.05) is 0 Å². The van der Waals surface area contributed by atoms with Crippen LogP contribution in [0.3, 0.4) is 0 Å². The van der Waals surface area contributed by atoms with Crippen molar-refractivity contribution in [3.8, 4) is 16.3 Å². The van der Waals surface area contributed by atoms with Crippen molar-refractivity contribution in [1.82, 2.24) is 4.98 Å². The minimum absolute atomic E-state index is 0. The number of ketones is 1. The van der Waals surface area contributed by atoms with Crippen LogP contribution in [0.2, 0.25) is 0 Å². The van der Waals surface area contributed by atoms with E-state index in [4.69, 9.17) is 4.74 Å². The number of hydrogen-bond acceptors (Lipinski definition) is 5. The maximum Gasteiger partial charge on any atom is 0.379 e. The van der Waals surface area contributed by atoms with Gasteiger partial charge >= 0.3 is 5.97 Å². The first-order valence-electron chi connectivity index (χ1n) is 6.33. The van der Waals surface area contributed by atoms with Crippen LogP contribution in [-0.4, -0.2) is 22.2 Å². The van der Waals surface area contributed by atoms with Gasteiger partial charge in [-0.1, -0.05) is 24.3 Å². The number of para-hydroxylation sites is 2. The average molecular weight is 315 g/mol. The highest BCUT2D eigenvalue weighted by molar-refractivity contribution is 7.21. The molecule has 2 N–H and O–H groups in total. The number of Topliss-reactive ketones (excluding diaryl/α,β-unsaturated/α-hetero) is 1. The summed E-state index contributed by atoms with van der Waals surface area (Å²) < 4.78 is 6.19. The topological polar surface area (TPSA) is 87.8 Å². The van der Waals surface area contributed by atoms with Gasteiger partial charge in [0.15, 0.2) is 0 Å². The molecule has 5 nitrogen and oxygen atoms in total. The van der Waals surface area contributed by atoms with E-state index in [0.717, 1.165) is 15.2 Å². The van der Waals surface area contributed by atoms with Gasteiger partial charge in [-0.05, 0) is 24.3 Å². The molecule has 6 heteroatoms. The fourth-order valence-corrected chi connectivity index (χ4v) is 2.89. The maximum atomic E-state index is 11.5. The highest BCUT2D eigenvalue weighted by Crippen LogP contribution is 2.35. The summed E-state index contributed by atoms with van der Waals surface area (Å²) in [6, 6.07) is 14.9. The number of ether oxygens (including phenoxy) is 1. The van der Waals surface area contributed by atoms with Gasteiger partial charge in [0, 0.05) is 6.92 Å². The first-order valence-corrected chi connectivity index (χ1v) is 7.14. The molecule has 0 saturated carbocycles. The van der Waals surface area contributed by atoms with Crippen molar-refractivity contribution < 1.29 is 19.8 Å². The van der Waals surface area contributed by atoms with Gasteiger partial charge in [0.25, 0.3) is 0 Å². The van der Waals surface area contributed by atoms with Crippen molar-refractivity contribution in [3.63, 3.8) is 0 Å². The number of benzene rings is 2. The molecule has 0 amide bonds. The van der Waals surface area contributed by atoms with Gasteiger partial charge in [0.05, 0.1) is 15.8 Å². The second kappa shape index (κ2) is 6.46. The average Bonchev–Trinajstić information content (AvgIpc) is 2.91. The Kier molecular flexibility index (Phi) is 4.65. The summed E-state index contributed by atoms with van der Waals surface area (Å²) in [5.74, 6) is -1.16. The van der Waals surface area contributed by atoms with E-state index in [2.05, 4.69) is 4.98 Å². The summed E-state index contributed by atoms with van der Waals surface area (Å²) >= 11 is 1.51. The van der Waals surface area contributed by atoms with Crippen molar-refractivity contribution >= 4 is 33.3 Å². The summed E-state index contributed by atoms with van der Waals surface area (Å²) in [6.45, 7) is 1.18. The van der Waals surface area contributed by atoms with E-state index in [1.165, 1.54) is 18.3 Å². The van der Waals surface area contributed by atoms with E-state index < -0.39 is 11.8 Å². The third kappa shape index (κ3) is 3.03. The quantitative estimate of drug-likeness (QED) is 0.422. The zero-order valence-corrected chi connectivity index (χ0v) is 12.5. The van der Waals surface area contributed by atoms with Gasteiger partial charge in [0.1, 0.15) is 10.8 Å². The van der Waals surface area contributed by atoms with Crippen LogP contribution in [0.4, 0.5) is 0 Å². The van der Waals surface area contributed by atoms with Gasteiger partial charge in [-0.15, -0.1) is 11.3 Å². The summed E-state index contributed by atoms with van der Waals surface area (Å²) in [7, 11) is 0. The molecule has 0 aliphatic heterocycles. The van der Waals surface area contributed by atoms with Crippen LogP contribution in [0.5, 0.6) is 5.75 Å². The van der Waals surface area contributed by atoms with Crippen LogP contribution in [0.1, 0.15) is 6.92 Å². The van der Waals surface area contributed by atoms with Crippen LogP contribution in [0, 0.1) is 0 Å². The number of nitrogens with zero attached hydrogens (tertiary/aromatic N) is 1. The molecular weight excluding hydrogens is 302 g/mol. The largest absolute Gasteiger partial charge is 0.420 e. The summed E-state index contributed by atoms with van der Waals surface area (Å²) in [5, 5.41) is 0.753. The zero-order chi connectivity index (χ0) is 14.8. The van der Waals surface area contributed by atoms with E-state index in [0.29, 0.717) is 11.3 Å². The van der Waals surface area contributed by atoms with E-state index in [9.17, 15) is 9.59 Å². The number of thiazole rings is 1. The van der Waals surface area contributed by atoms with Gasteiger partial charge in [-0.25, -0.2) is 9.78 Å². The third-order valence-electron chi connectivity index (χ3n) is 2.90. The number of fused-ring (bicyclic) bond motifs is 1. The number of carbonyl (C=O) groups excluding carboxylic acids is 2. The second-order valence-electron chi connectivity index (χ2n) is 4.43. The zero-order valence-electron chi connectivity index (χ0n) is 11.7. The smallest absolute Gasteiger partial charge is 0.379 e. The number of rotatable bonds is 3. The third-order valence-corrected chi connectivity index (χ3v) is 3.97. The molecule has 0 bridgehead atoms. The lowest BCUT2D eigenvalue weighted by atomic mass is 10.2. The highest BCUT2D eigenvalue weighted by Gasteiger charge is 2.16. The Balaban J connectivity index is 0.00000176. The standard InChI is InChI=1S/C16H11NO3S.H2O/c1-10(18)16(19)20-13-8-4-2-6-11(13)15-17-12-7-3-5-9-14(12)21-15;/h2-9H,1H3;1H2. The Morgan fingerprint density at radius 3 is 2.45 bits per heavy atom. The SMILES string of the molecule is CC(=O)C(=O)Oc1ccccc1-c1nc2ccccc2s1.O. The maximum absolute atomic E-state index is 11.5. The Bertz CT molecular complexity index is 808. The molecule has 22 heavy (non-hydrogen) atoms. The van der Waals surface area contributed by atoms with Crippen LogP contribution in [0.15, 0.2) is 48.5 Å². The molecular formula is C16H13NO4S. The molecule has 0 aliphatic carbocycles. The summed E-state index contributed by atoms with van der Waals surface area (Å²) in [5.41, 5.74) is 1.60. The number of esters is 1. The van der Waals surface area contributed by atoms with Crippen LogP contribution >= 0.6 is 11.3 Å². The van der Waals surface area contributed by atoms with Gasteiger partial charge in [-0.2, -0.15) is 0 Å². The first kappa shape index (κ1) is 15.8. The van der Waals surface area contributed by atoms with Crippen molar-refractivity contribution in [2.24, 2.45) is 0 Å². The minimum atomic E-state index is -0.872. The van der Waals surface area contributed by atoms with Crippen LogP contribution < -0.4 is 4.74 Å². The predicted molar refractivity (Wildman–Crippen MR) is 85.0 cm³/mol. The minimum Gasteiger partial charge on any atom is -0.420 e. The lowest BCUT2D eigenvalue weighted by molar-refractivity contribution is -0.146. The molecule has 2 aromatic carbocycles. The Labute approximate surface area is 130 Å². The van der Waals surface area contributed by atoms with Crippen molar-refractivity contribution in [3.05, 3.63) is 48.5 Å². The van der Waals surface area contributed by atoms with Crippen molar-refractivity contribution in [2.45, 2.75) is 6.92 Å². The summed E-state index contributed by atoms with van der Waals surface area (Å²) in [4.78, 5) is 27.1. The first-order chi connectivity index (χ1) is 10.1. The Morgan fingerprint density at radius 2 is 1.73 bits per heavy atom. The molecule has 0 saturated heterocycles. The molecule has 0 fully saturated rings. The summed E-state index contributed by atoms with van der Waals surface area (Å²) in [6.07, 6.45) is 0. The lowest BCUT2D eigenvalue weighted by Gasteiger charge is -2.06. The molecule has 1 heterocycles. The predicted octanol–water partition coefficient (Wildman–Crippen LogP) is 2.63. The van der Waals surface area contributed by atoms with E-state index >= 15 is 0 Å². The number of aromatic nitrogens is 1. The Morgan fingerprint density at radius 1 is 1.05 bits per heavy atom.